The van der Waals surface area contributed by atoms with Crippen LogP contribution >= 0.6 is 11.6 Å². The Bertz CT molecular complexity index is 736. The molecular formula is C17H17ClN2O3. The molecule has 5 nitrogen and oxygen atoms in total. The SMILES string of the molecule is Cc1cc(C)c(NC(=O)COC(=O)c2cccnc2Cl)c(C)c1. The van der Waals surface area contributed by atoms with Crippen molar-refractivity contribution in [1.29, 1.82) is 0 Å². The molecule has 1 aromatic heterocycles. The highest BCUT2D eigenvalue weighted by atomic mass is 35.5. The van der Waals surface area contributed by atoms with Gasteiger partial charge in [0.25, 0.3) is 5.91 Å². The molecule has 0 saturated carbocycles. The standard InChI is InChI=1S/C17H17ClN2O3/c1-10-7-11(2)15(12(3)8-10)20-14(21)9-23-17(22)13-5-4-6-19-16(13)18/h4-8H,9H2,1-3H3,(H,20,21). The lowest BCUT2D eigenvalue weighted by atomic mass is 10.1. The lowest BCUT2D eigenvalue weighted by molar-refractivity contribution is -0.119. The molecule has 1 heterocycles. The zero-order valence-corrected chi connectivity index (χ0v) is 13.9. The number of carbonyl (C=O) groups excluding carboxylic acids is 2. The van der Waals surface area contributed by atoms with Crippen LogP contribution in [-0.4, -0.2) is 23.5 Å². The van der Waals surface area contributed by atoms with E-state index in [0.29, 0.717) is 0 Å². The molecule has 2 rings (SSSR count). The summed E-state index contributed by atoms with van der Waals surface area (Å²) in [6, 6.07) is 7.01. The van der Waals surface area contributed by atoms with Crippen LogP contribution in [0.25, 0.3) is 0 Å². The molecule has 0 aliphatic heterocycles. The van der Waals surface area contributed by atoms with E-state index >= 15 is 0 Å². The molecule has 2 aromatic rings. The van der Waals surface area contributed by atoms with Crippen molar-refractivity contribution in [3.05, 3.63) is 57.9 Å². The minimum Gasteiger partial charge on any atom is -0.452 e. The Labute approximate surface area is 139 Å². The largest absolute Gasteiger partial charge is 0.452 e. The first-order valence-corrected chi connectivity index (χ1v) is 7.41. The van der Waals surface area contributed by atoms with E-state index in [1.807, 2.05) is 32.9 Å². The first kappa shape index (κ1) is 17.0. The molecule has 0 aliphatic carbocycles. The summed E-state index contributed by atoms with van der Waals surface area (Å²) in [4.78, 5) is 27.7. The summed E-state index contributed by atoms with van der Waals surface area (Å²) in [6.45, 7) is 5.43. The van der Waals surface area contributed by atoms with Crippen molar-refractivity contribution in [2.45, 2.75) is 20.8 Å². The topological polar surface area (TPSA) is 68.3 Å². The first-order valence-electron chi connectivity index (χ1n) is 7.04. The molecule has 23 heavy (non-hydrogen) atoms. The van der Waals surface area contributed by atoms with Gasteiger partial charge in [-0.25, -0.2) is 9.78 Å². The summed E-state index contributed by atoms with van der Waals surface area (Å²) in [5, 5.41) is 2.81. The maximum Gasteiger partial charge on any atom is 0.341 e. The van der Waals surface area contributed by atoms with Crippen LogP contribution in [0.5, 0.6) is 0 Å². The fourth-order valence-electron chi connectivity index (χ4n) is 2.30. The second-order valence-electron chi connectivity index (χ2n) is 5.24. The van der Waals surface area contributed by atoms with Crippen LogP contribution in [0.4, 0.5) is 5.69 Å². The van der Waals surface area contributed by atoms with Gasteiger partial charge in [-0.05, 0) is 44.0 Å². The maximum atomic E-state index is 12.0. The fourth-order valence-corrected chi connectivity index (χ4v) is 2.50. The van der Waals surface area contributed by atoms with Gasteiger partial charge in [0.15, 0.2) is 6.61 Å². The lowest BCUT2D eigenvalue weighted by Crippen LogP contribution is -2.22. The molecule has 0 radical (unpaired) electrons. The van der Waals surface area contributed by atoms with Crippen LogP contribution in [0.1, 0.15) is 27.0 Å². The number of hydrogen-bond acceptors (Lipinski definition) is 4. The third-order valence-corrected chi connectivity index (χ3v) is 3.56. The number of esters is 1. The Kier molecular flexibility index (Phi) is 5.34. The summed E-state index contributed by atoms with van der Waals surface area (Å²) in [5.74, 6) is -1.09. The highest BCUT2D eigenvalue weighted by Crippen LogP contribution is 2.21. The Morgan fingerprint density at radius 3 is 2.48 bits per heavy atom. The van der Waals surface area contributed by atoms with Gasteiger partial charge in [0.05, 0.1) is 5.56 Å². The van der Waals surface area contributed by atoms with Gasteiger partial charge in [-0.2, -0.15) is 0 Å². The molecule has 0 atom stereocenters. The summed E-state index contributed by atoms with van der Waals surface area (Å²) in [7, 11) is 0. The minimum absolute atomic E-state index is 0.0446. The number of benzene rings is 1. The number of halogens is 1. The number of hydrogen-bond donors (Lipinski definition) is 1. The molecule has 0 spiro atoms. The van der Waals surface area contributed by atoms with Crippen molar-refractivity contribution < 1.29 is 14.3 Å². The summed E-state index contributed by atoms with van der Waals surface area (Å²) in [6.07, 6.45) is 1.47. The van der Waals surface area contributed by atoms with Gasteiger partial charge < -0.3 is 10.1 Å². The van der Waals surface area contributed by atoms with E-state index in [9.17, 15) is 9.59 Å². The average Bonchev–Trinajstić information content (AvgIpc) is 2.49. The van der Waals surface area contributed by atoms with Crippen LogP contribution in [0.15, 0.2) is 30.5 Å². The average molecular weight is 333 g/mol. The first-order chi connectivity index (χ1) is 10.9. The summed E-state index contributed by atoms with van der Waals surface area (Å²) >= 11 is 5.81. The number of ether oxygens (including phenoxy) is 1. The van der Waals surface area contributed by atoms with E-state index in [4.69, 9.17) is 16.3 Å². The van der Waals surface area contributed by atoms with Crippen LogP contribution in [0.2, 0.25) is 5.15 Å². The lowest BCUT2D eigenvalue weighted by Gasteiger charge is -2.13. The molecule has 0 unspecified atom stereocenters. The Balaban J connectivity index is 1.99. The van der Waals surface area contributed by atoms with E-state index in [-0.39, 0.29) is 10.7 Å². The van der Waals surface area contributed by atoms with Crippen molar-refractivity contribution in [3.8, 4) is 0 Å². The molecule has 1 aromatic carbocycles. The van der Waals surface area contributed by atoms with E-state index < -0.39 is 18.5 Å². The summed E-state index contributed by atoms with van der Waals surface area (Å²) < 4.78 is 4.97. The quantitative estimate of drug-likeness (QED) is 0.687. The zero-order valence-electron chi connectivity index (χ0n) is 13.1. The minimum atomic E-state index is -0.685. The third-order valence-electron chi connectivity index (χ3n) is 3.25. The highest BCUT2D eigenvalue weighted by Gasteiger charge is 2.15. The number of nitrogens with zero attached hydrogens (tertiary/aromatic N) is 1. The second-order valence-corrected chi connectivity index (χ2v) is 5.60. The van der Waals surface area contributed by atoms with Crippen molar-refractivity contribution >= 4 is 29.2 Å². The molecule has 1 amide bonds. The van der Waals surface area contributed by atoms with Crippen molar-refractivity contribution in [3.63, 3.8) is 0 Å². The normalized spacial score (nSPS) is 10.3. The zero-order chi connectivity index (χ0) is 17.0. The monoisotopic (exact) mass is 332 g/mol. The smallest absolute Gasteiger partial charge is 0.341 e. The number of pyridine rings is 1. The van der Waals surface area contributed by atoms with Crippen molar-refractivity contribution in [1.82, 2.24) is 4.98 Å². The Morgan fingerprint density at radius 2 is 1.87 bits per heavy atom. The molecule has 120 valence electrons. The number of anilines is 1. The van der Waals surface area contributed by atoms with E-state index in [1.54, 1.807) is 6.07 Å². The maximum absolute atomic E-state index is 12.0. The Hall–Kier alpha value is -2.40. The molecule has 0 bridgehead atoms. The van der Waals surface area contributed by atoms with Gasteiger partial charge in [-0.3, -0.25) is 4.79 Å². The van der Waals surface area contributed by atoms with Crippen LogP contribution in [-0.2, 0) is 9.53 Å². The van der Waals surface area contributed by atoms with Crippen molar-refractivity contribution in [2.75, 3.05) is 11.9 Å². The number of amides is 1. The van der Waals surface area contributed by atoms with Crippen LogP contribution < -0.4 is 5.32 Å². The predicted octanol–water partition coefficient (Wildman–Crippen LogP) is 3.46. The second kappa shape index (κ2) is 7.24. The number of carbonyl (C=O) groups is 2. The molecule has 0 saturated heterocycles. The predicted molar refractivity (Wildman–Crippen MR) is 88.8 cm³/mol. The molecule has 0 fully saturated rings. The van der Waals surface area contributed by atoms with Gasteiger partial charge in [0, 0.05) is 11.9 Å². The molecular weight excluding hydrogens is 316 g/mol. The van der Waals surface area contributed by atoms with E-state index in [1.165, 1.54) is 12.3 Å². The van der Waals surface area contributed by atoms with Gasteiger partial charge in [0.2, 0.25) is 0 Å². The van der Waals surface area contributed by atoms with E-state index in [0.717, 1.165) is 22.4 Å². The number of nitrogens with one attached hydrogen (secondary N) is 1. The molecule has 1 N–H and O–H groups in total. The fraction of sp³-hybridized carbons (Fsp3) is 0.235. The summed E-state index contributed by atoms with van der Waals surface area (Å²) in [5.41, 5.74) is 3.89. The van der Waals surface area contributed by atoms with Crippen molar-refractivity contribution in [2.24, 2.45) is 0 Å². The van der Waals surface area contributed by atoms with Gasteiger partial charge in [0.1, 0.15) is 5.15 Å². The molecule has 0 aliphatic rings. The van der Waals surface area contributed by atoms with Gasteiger partial charge in [-0.15, -0.1) is 0 Å². The highest BCUT2D eigenvalue weighted by molar-refractivity contribution is 6.32. The number of aryl methyl sites for hydroxylation is 3. The van der Waals surface area contributed by atoms with Gasteiger partial charge in [-0.1, -0.05) is 29.3 Å². The number of aromatic nitrogens is 1. The van der Waals surface area contributed by atoms with Gasteiger partial charge >= 0.3 is 5.97 Å². The number of rotatable bonds is 4. The van der Waals surface area contributed by atoms with Crippen LogP contribution in [0, 0.1) is 20.8 Å². The third kappa shape index (κ3) is 4.29. The van der Waals surface area contributed by atoms with Crippen LogP contribution in [0.3, 0.4) is 0 Å². The Morgan fingerprint density at radius 1 is 1.22 bits per heavy atom. The molecule has 6 heteroatoms. The van der Waals surface area contributed by atoms with E-state index in [2.05, 4.69) is 10.3 Å².